The van der Waals surface area contributed by atoms with Crippen LogP contribution in [0.15, 0.2) is 6.20 Å². The van der Waals surface area contributed by atoms with Crippen LogP contribution in [0.3, 0.4) is 0 Å². The molecule has 2 aromatic rings. The standard InChI is InChI=1S/C11H20N8/c1-18(2)5-4-6-19(3)10-8-7-13-17-9(8)14-11(15-10)16-12/h7H,4-6,12H2,1-3H3,(H2,13,14,15,16,17). The molecule has 0 aliphatic rings. The van der Waals surface area contributed by atoms with Gasteiger partial charge in [-0.1, -0.05) is 0 Å². The van der Waals surface area contributed by atoms with Crippen molar-refractivity contribution in [2.24, 2.45) is 5.84 Å². The molecule has 2 heterocycles. The van der Waals surface area contributed by atoms with Crippen molar-refractivity contribution in [1.82, 2.24) is 25.1 Å². The van der Waals surface area contributed by atoms with Crippen LogP contribution >= 0.6 is 0 Å². The minimum absolute atomic E-state index is 0.381. The fraction of sp³-hybridized carbons (Fsp3) is 0.545. The van der Waals surface area contributed by atoms with Crippen LogP contribution in [0.1, 0.15) is 6.42 Å². The molecule has 0 radical (unpaired) electrons. The number of hydrogen-bond donors (Lipinski definition) is 3. The van der Waals surface area contributed by atoms with Crippen molar-refractivity contribution in [3.8, 4) is 0 Å². The number of rotatable bonds is 6. The maximum Gasteiger partial charge on any atom is 0.241 e. The highest BCUT2D eigenvalue weighted by atomic mass is 15.3. The van der Waals surface area contributed by atoms with Crippen LogP contribution in [0.2, 0.25) is 0 Å². The highest BCUT2D eigenvalue weighted by Gasteiger charge is 2.12. The molecular weight excluding hydrogens is 244 g/mol. The number of nitrogens with zero attached hydrogens (tertiary/aromatic N) is 5. The topological polar surface area (TPSA) is 99.0 Å². The lowest BCUT2D eigenvalue weighted by molar-refractivity contribution is 0.401. The van der Waals surface area contributed by atoms with E-state index in [0.717, 1.165) is 30.7 Å². The van der Waals surface area contributed by atoms with Crippen molar-refractivity contribution in [1.29, 1.82) is 0 Å². The first-order valence-electron chi connectivity index (χ1n) is 6.15. The number of aromatic amines is 1. The van der Waals surface area contributed by atoms with E-state index >= 15 is 0 Å². The molecule has 0 saturated carbocycles. The smallest absolute Gasteiger partial charge is 0.241 e. The van der Waals surface area contributed by atoms with Gasteiger partial charge < -0.3 is 9.80 Å². The largest absolute Gasteiger partial charge is 0.359 e. The average Bonchev–Trinajstić information content (AvgIpc) is 2.84. The van der Waals surface area contributed by atoms with Crippen LogP contribution in [0.4, 0.5) is 11.8 Å². The van der Waals surface area contributed by atoms with Gasteiger partial charge in [0, 0.05) is 13.6 Å². The second-order valence-electron chi connectivity index (χ2n) is 4.73. The summed E-state index contributed by atoms with van der Waals surface area (Å²) < 4.78 is 0. The molecule has 2 rings (SSSR count). The van der Waals surface area contributed by atoms with E-state index in [1.165, 1.54) is 0 Å². The van der Waals surface area contributed by atoms with E-state index in [2.05, 4.69) is 49.5 Å². The van der Waals surface area contributed by atoms with Crippen molar-refractivity contribution in [3.63, 3.8) is 0 Å². The zero-order valence-electron chi connectivity index (χ0n) is 11.5. The first-order valence-corrected chi connectivity index (χ1v) is 6.15. The van der Waals surface area contributed by atoms with E-state index in [-0.39, 0.29) is 0 Å². The molecule has 0 bridgehead atoms. The van der Waals surface area contributed by atoms with Gasteiger partial charge in [-0.3, -0.25) is 10.5 Å². The third-order valence-electron chi connectivity index (χ3n) is 2.88. The number of nitrogens with two attached hydrogens (primary N) is 1. The Hall–Kier alpha value is -1.93. The number of H-pyrrole nitrogens is 1. The summed E-state index contributed by atoms with van der Waals surface area (Å²) in [6.45, 7) is 1.94. The predicted molar refractivity (Wildman–Crippen MR) is 75.9 cm³/mol. The lowest BCUT2D eigenvalue weighted by Crippen LogP contribution is -2.25. The summed E-state index contributed by atoms with van der Waals surface area (Å²) in [6, 6.07) is 0. The number of hydrazine groups is 1. The minimum Gasteiger partial charge on any atom is -0.359 e. The Morgan fingerprint density at radius 1 is 1.26 bits per heavy atom. The molecule has 0 atom stereocenters. The normalized spacial score (nSPS) is 11.2. The Bertz CT molecular complexity index is 534. The van der Waals surface area contributed by atoms with Crippen LogP contribution in [-0.4, -0.2) is 59.3 Å². The third-order valence-corrected chi connectivity index (χ3v) is 2.88. The molecule has 104 valence electrons. The lowest BCUT2D eigenvalue weighted by atomic mass is 10.3. The van der Waals surface area contributed by atoms with Gasteiger partial charge in [-0.05, 0) is 27.1 Å². The van der Waals surface area contributed by atoms with Gasteiger partial charge in [0.2, 0.25) is 5.95 Å². The lowest BCUT2D eigenvalue weighted by Gasteiger charge is -2.20. The first kappa shape index (κ1) is 13.5. The summed E-state index contributed by atoms with van der Waals surface area (Å²) >= 11 is 0. The van der Waals surface area contributed by atoms with Gasteiger partial charge in [0.15, 0.2) is 5.65 Å². The fourth-order valence-corrected chi connectivity index (χ4v) is 1.91. The van der Waals surface area contributed by atoms with Crippen molar-refractivity contribution < 1.29 is 0 Å². The molecule has 8 nitrogen and oxygen atoms in total. The molecular formula is C11H20N8. The highest BCUT2D eigenvalue weighted by molar-refractivity contribution is 5.87. The maximum atomic E-state index is 5.38. The van der Waals surface area contributed by atoms with Gasteiger partial charge in [0.1, 0.15) is 5.82 Å². The van der Waals surface area contributed by atoms with Gasteiger partial charge in [0.05, 0.1) is 11.6 Å². The van der Waals surface area contributed by atoms with Crippen LogP contribution in [0.25, 0.3) is 11.0 Å². The number of nitrogens with one attached hydrogen (secondary N) is 2. The predicted octanol–water partition coefficient (Wildman–Crippen LogP) is 0.0264. The monoisotopic (exact) mass is 264 g/mol. The van der Waals surface area contributed by atoms with Crippen LogP contribution in [0, 0.1) is 0 Å². The highest BCUT2D eigenvalue weighted by Crippen LogP contribution is 2.22. The van der Waals surface area contributed by atoms with Crippen molar-refractivity contribution in [2.75, 3.05) is 44.6 Å². The Balaban J connectivity index is 2.19. The Kier molecular flexibility index (Phi) is 4.13. The second kappa shape index (κ2) is 5.81. The molecule has 2 aromatic heterocycles. The van der Waals surface area contributed by atoms with Crippen molar-refractivity contribution in [3.05, 3.63) is 6.20 Å². The quantitative estimate of drug-likeness (QED) is 0.500. The zero-order valence-corrected chi connectivity index (χ0v) is 11.5. The molecule has 0 aliphatic carbocycles. The van der Waals surface area contributed by atoms with Crippen LogP contribution < -0.4 is 16.2 Å². The van der Waals surface area contributed by atoms with Crippen LogP contribution in [-0.2, 0) is 0 Å². The molecule has 0 saturated heterocycles. The average molecular weight is 264 g/mol. The number of hydrogen-bond acceptors (Lipinski definition) is 7. The SMILES string of the molecule is CN(C)CCCN(C)c1nc(NN)nc2[nH]ncc12. The van der Waals surface area contributed by atoms with Gasteiger partial charge in [-0.15, -0.1) is 0 Å². The van der Waals surface area contributed by atoms with Crippen LogP contribution in [0.5, 0.6) is 0 Å². The summed E-state index contributed by atoms with van der Waals surface area (Å²) in [6.07, 6.45) is 2.78. The van der Waals surface area contributed by atoms with E-state index < -0.39 is 0 Å². The molecule has 0 aliphatic heterocycles. The Morgan fingerprint density at radius 3 is 2.74 bits per heavy atom. The van der Waals surface area contributed by atoms with Gasteiger partial charge in [-0.2, -0.15) is 15.1 Å². The summed E-state index contributed by atoms with van der Waals surface area (Å²) in [4.78, 5) is 12.8. The van der Waals surface area contributed by atoms with Gasteiger partial charge in [0.25, 0.3) is 0 Å². The Labute approximate surface area is 112 Å². The van der Waals surface area contributed by atoms with E-state index in [9.17, 15) is 0 Å². The zero-order chi connectivity index (χ0) is 13.8. The fourth-order valence-electron chi connectivity index (χ4n) is 1.91. The molecule has 0 aromatic carbocycles. The molecule has 0 amide bonds. The third kappa shape index (κ3) is 3.09. The minimum atomic E-state index is 0.381. The molecule has 0 spiro atoms. The van der Waals surface area contributed by atoms with E-state index in [0.29, 0.717) is 11.6 Å². The van der Waals surface area contributed by atoms with E-state index in [1.807, 2.05) is 7.05 Å². The van der Waals surface area contributed by atoms with E-state index in [4.69, 9.17) is 5.84 Å². The molecule has 0 fully saturated rings. The summed E-state index contributed by atoms with van der Waals surface area (Å²) in [7, 11) is 6.13. The first-order chi connectivity index (χ1) is 9.11. The van der Waals surface area contributed by atoms with Crippen molar-refractivity contribution >= 4 is 22.8 Å². The summed E-state index contributed by atoms with van der Waals surface area (Å²) in [5, 5.41) is 7.72. The molecule has 0 unspecified atom stereocenters. The summed E-state index contributed by atoms with van der Waals surface area (Å²) in [5.41, 5.74) is 3.15. The molecule has 4 N–H and O–H groups in total. The number of nitrogen functional groups attached to an aromatic ring is 1. The molecule has 8 heteroatoms. The second-order valence-corrected chi connectivity index (χ2v) is 4.73. The number of aromatic nitrogens is 4. The van der Waals surface area contributed by atoms with Crippen molar-refractivity contribution in [2.45, 2.75) is 6.42 Å². The number of anilines is 2. The van der Waals surface area contributed by atoms with Gasteiger partial charge in [-0.25, -0.2) is 5.84 Å². The maximum absolute atomic E-state index is 5.38. The molecule has 19 heavy (non-hydrogen) atoms. The van der Waals surface area contributed by atoms with Gasteiger partial charge >= 0.3 is 0 Å². The Morgan fingerprint density at radius 2 is 2.05 bits per heavy atom. The number of fused-ring (bicyclic) bond motifs is 1. The summed E-state index contributed by atoms with van der Waals surface area (Å²) in [5.74, 6) is 6.59. The van der Waals surface area contributed by atoms with E-state index in [1.54, 1.807) is 6.20 Å².